The molecule has 0 aromatic rings. The molecule has 8 nitrogen and oxygen atoms in total. The molecule has 0 aromatic carbocycles. The number of guanidine groups is 1. The highest BCUT2D eigenvalue weighted by Crippen LogP contribution is 2.16. The molecule has 0 aliphatic carbocycles. The topological polar surface area (TPSA) is 72.4 Å². The van der Waals surface area contributed by atoms with Gasteiger partial charge in [-0.05, 0) is 45.7 Å². The molecule has 0 saturated carbocycles. The number of piperazine rings is 1. The Kier molecular flexibility index (Phi) is 13.1. The first-order chi connectivity index (χ1) is 13.5. The molecule has 2 aliphatic rings. The third-order valence-corrected chi connectivity index (χ3v) is 5.57. The van der Waals surface area contributed by atoms with E-state index in [0.717, 1.165) is 64.9 Å². The zero-order valence-electron chi connectivity index (χ0n) is 18.7. The van der Waals surface area contributed by atoms with Crippen molar-refractivity contribution in [3.63, 3.8) is 0 Å². The Hall–Kier alpha value is -0.650. The first kappa shape index (κ1) is 26.4. The lowest BCUT2D eigenvalue weighted by molar-refractivity contribution is -0.123. The molecule has 170 valence electrons. The van der Waals surface area contributed by atoms with Crippen molar-refractivity contribution in [2.45, 2.75) is 32.7 Å². The maximum atomic E-state index is 11.9. The van der Waals surface area contributed by atoms with Crippen molar-refractivity contribution in [3.8, 4) is 0 Å². The number of likely N-dealkylation sites (tertiary alicyclic amines) is 1. The van der Waals surface area contributed by atoms with Gasteiger partial charge >= 0.3 is 0 Å². The molecule has 2 fully saturated rings. The summed E-state index contributed by atoms with van der Waals surface area (Å²) in [6, 6.07) is 0.198. The van der Waals surface area contributed by atoms with E-state index in [9.17, 15) is 4.79 Å². The molecule has 0 spiro atoms. The first-order valence-electron chi connectivity index (χ1n) is 10.7. The molecule has 1 amide bonds. The highest BCUT2D eigenvalue weighted by molar-refractivity contribution is 14.0. The maximum Gasteiger partial charge on any atom is 0.234 e. The number of piperidine rings is 1. The molecule has 2 rings (SSSR count). The Morgan fingerprint density at radius 1 is 1.10 bits per heavy atom. The highest BCUT2D eigenvalue weighted by atomic mass is 127. The molecule has 2 heterocycles. The predicted octanol–water partition coefficient (Wildman–Crippen LogP) is 0.680. The fourth-order valence-corrected chi connectivity index (χ4v) is 3.89. The number of ether oxygens (including phenoxy) is 1. The molecule has 2 N–H and O–H groups in total. The molecule has 9 heteroatoms. The third-order valence-electron chi connectivity index (χ3n) is 5.57. The number of halogens is 1. The number of aliphatic imine (C=N–C) groups is 1. The van der Waals surface area contributed by atoms with Gasteiger partial charge in [0.2, 0.25) is 5.91 Å². The number of hydrogen-bond acceptors (Lipinski definition) is 5. The van der Waals surface area contributed by atoms with Crippen LogP contribution in [-0.4, -0.2) is 112 Å². The largest absolute Gasteiger partial charge is 0.383 e. The minimum absolute atomic E-state index is 0. The average Bonchev–Trinajstić information content (AvgIpc) is 2.68. The Bertz CT molecular complexity index is 489. The van der Waals surface area contributed by atoms with Crippen molar-refractivity contribution in [1.82, 2.24) is 25.3 Å². The Balaban J connectivity index is 0.00000420. The van der Waals surface area contributed by atoms with E-state index < -0.39 is 0 Å². The van der Waals surface area contributed by atoms with Gasteiger partial charge < -0.3 is 25.2 Å². The fourth-order valence-electron chi connectivity index (χ4n) is 3.89. The number of amides is 1. The maximum absolute atomic E-state index is 11.9. The Morgan fingerprint density at radius 2 is 1.76 bits per heavy atom. The van der Waals surface area contributed by atoms with E-state index in [1.807, 2.05) is 20.9 Å². The lowest BCUT2D eigenvalue weighted by Crippen LogP contribution is -2.54. The quantitative estimate of drug-likeness (QED) is 0.277. The SMILES string of the molecule is CN=C(NCC1CCN(CCOC)CC1)N1CCN(CC(=O)NC(C)C)CC1.I. The van der Waals surface area contributed by atoms with Crippen LogP contribution in [0.3, 0.4) is 0 Å². The van der Waals surface area contributed by atoms with Crippen molar-refractivity contribution < 1.29 is 9.53 Å². The van der Waals surface area contributed by atoms with Gasteiger partial charge in [-0.2, -0.15) is 0 Å². The van der Waals surface area contributed by atoms with E-state index in [2.05, 4.69) is 30.3 Å². The van der Waals surface area contributed by atoms with Crippen LogP contribution in [0.1, 0.15) is 26.7 Å². The molecule has 0 aromatic heterocycles. The number of methoxy groups -OCH3 is 1. The predicted molar refractivity (Wildman–Crippen MR) is 129 cm³/mol. The number of rotatable bonds is 8. The molecule has 29 heavy (non-hydrogen) atoms. The normalized spacial score (nSPS) is 19.9. The number of carbonyl (C=O) groups excluding carboxylic acids is 1. The van der Waals surface area contributed by atoms with Gasteiger partial charge in [0.15, 0.2) is 5.96 Å². The van der Waals surface area contributed by atoms with E-state index in [1.165, 1.54) is 12.8 Å². The number of hydrogen-bond donors (Lipinski definition) is 2. The number of nitrogens with zero attached hydrogens (tertiary/aromatic N) is 4. The third kappa shape index (κ3) is 9.80. The zero-order valence-corrected chi connectivity index (χ0v) is 21.0. The smallest absolute Gasteiger partial charge is 0.234 e. The van der Waals surface area contributed by atoms with E-state index >= 15 is 0 Å². The van der Waals surface area contributed by atoms with Crippen LogP contribution >= 0.6 is 24.0 Å². The average molecular weight is 524 g/mol. The summed E-state index contributed by atoms with van der Waals surface area (Å²) in [4.78, 5) is 23.4. The minimum Gasteiger partial charge on any atom is -0.383 e. The van der Waals surface area contributed by atoms with Gasteiger partial charge in [0.25, 0.3) is 0 Å². The van der Waals surface area contributed by atoms with Crippen LogP contribution in [0.2, 0.25) is 0 Å². The van der Waals surface area contributed by atoms with Gasteiger partial charge in [-0.3, -0.25) is 14.7 Å². The lowest BCUT2D eigenvalue weighted by Gasteiger charge is -2.37. The van der Waals surface area contributed by atoms with Gasteiger partial charge in [0, 0.05) is 59.5 Å². The van der Waals surface area contributed by atoms with Crippen LogP contribution in [-0.2, 0) is 9.53 Å². The van der Waals surface area contributed by atoms with Crippen LogP contribution in [0.5, 0.6) is 0 Å². The molecule has 0 unspecified atom stereocenters. The molecule has 2 aliphatic heterocycles. The summed E-state index contributed by atoms with van der Waals surface area (Å²) < 4.78 is 5.18. The summed E-state index contributed by atoms with van der Waals surface area (Å²) in [7, 11) is 3.63. The van der Waals surface area contributed by atoms with Crippen molar-refractivity contribution in [2.24, 2.45) is 10.9 Å². The molecule has 0 bridgehead atoms. The zero-order chi connectivity index (χ0) is 20.4. The Morgan fingerprint density at radius 3 is 2.31 bits per heavy atom. The van der Waals surface area contributed by atoms with Crippen molar-refractivity contribution in [2.75, 3.05) is 79.7 Å². The fraction of sp³-hybridized carbons (Fsp3) is 0.900. The molecular formula is C20H41IN6O2. The highest BCUT2D eigenvalue weighted by Gasteiger charge is 2.23. The summed E-state index contributed by atoms with van der Waals surface area (Å²) in [6.07, 6.45) is 2.46. The van der Waals surface area contributed by atoms with Crippen molar-refractivity contribution in [3.05, 3.63) is 0 Å². The van der Waals surface area contributed by atoms with E-state index in [0.29, 0.717) is 12.5 Å². The molecule has 0 atom stereocenters. The van der Waals surface area contributed by atoms with Crippen LogP contribution < -0.4 is 10.6 Å². The van der Waals surface area contributed by atoms with Gasteiger partial charge in [0.1, 0.15) is 0 Å². The summed E-state index contributed by atoms with van der Waals surface area (Å²) in [5.74, 6) is 1.81. The molecule has 2 saturated heterocycles. The van der Waals surface area contributed by atoms with Gasteiger partial charge in [-0.1, -0.05) is 0 Å². The van der Waals surface area contributed by atoms with Crippen LogP contribution in [0.4, 0.5) is 0 Å². The second kappa shape index (κ2) is 14.4. The Labute approximate surface area is 193 Å². The first-order valence-corrected chi connectivity index (χ1v) is 10.7. The monoisotopic (exact) mass is 524 g/mol. The van der Waals surface area contributed by atoms with Crippen LogP contribution in [0, 0.1) is 5.92 Å². The van der Waals surface area contributed by atoms with Gasteiger partial charge in [0.05, 0.1) is 13.2 Å². The lowest BCUT2D eigenvalue weighted by atomic mass is 9.97. The standard InChI is InChI=1S/C20H40N6O2.HI/c1-17(2)23-19(27)16-25-9-11-26(12-10-25)20(21-3)22-15-18-5-7-24(8-6-18)13-14-28-4;/h17-18H,5-16H2,1-4H3,(H,21,22)(H,23,27);1H. The summed E-state index contributed by atoms with van der Waals surface area (Å²) in [6.45, 7) is 13.2. The number of nitrogens with one attached hydrogen (secondary N) is 2. The van der Waals surface area contributed by atoms with Crippen LogP contribution in [0.15, 0.2) is 4.99 Å². The molecular weight excluding hydrogens is 483 g/mol. The van der Waals surface area contributed by atoms with Gasteiger partial charge in [-0.25, -0.2) is 0 Å². The van der Waals surface area contributed by atoms with Gasteiger partial charge in [-0.15, -0.1) is 24.0 Å². The summed E-state index contributed by atoms with van der Waals surface area (Å²) >= 11 is 0. The van der Waals surface area contributed by atoms with E-state index in [4.69, 9.17) is 4.74 Å². The minimum atomic E-state index is 0. The van der Waals surface area contributed by atoms with E-state index in [-0.39, 0.29) is 35.9 Å². The molecule has 0 radical (unpaired) electrons. The summed E-state index contributed by atoms with van der Waals surface area (Å²) in [5, 5.41) is 6.55. The van der Waals surface area contributed by atoms with E-state index in [1.54, 1.807) is 7.11 Å². The van der Waals surface area contributed by atoms with Crippen molar-refractivity contribution in [1.29, 1.82) is 0 Å². The number of carbonyl (C=O) groups is 1. The van der Waals surface area contributed by atoms with Crippen LogP contribution in [0.25, 0.3) is 0 Å². The second-order valence-corrected chi connectivity index (χ2v) is 8.19. The summed E-state index contributed by atoms with van der Waals surface area (Å²) in [5.41, 5.74) is 0. The second-order valence-electron chi connectivity index (χ2n) is 8.19. The van der Waals surface area contributed by atoms with Crippen molar-refractivity contribution >= 4 is 35.8 Å².